The Kier molecular flexibility index (Phi) is 11.6. The van der Waals surface area contributed by atoms with Crippen LogP contribution < -0.4 is 15.4 Å². The molecular formula is C23H36IN5OS. The minimum atomic E-state index is 0. The summed E-state index contributed by atoms with van der Waals surface area (Å²) in [6.07, 6.45) is 3.46. The summed E-state index contributed by atoms with van der Waals surface area (Å²) >= 11 is 1.78. The second-order valence-corrected chi connectivity index (χ2v) is 8.64. The van der Waals surface area contributed by atoms with Gasteiger partial charge in [-0.05, 0) is 51.3 Å². The van der Waals surface area contributed by atoms with Gasteiger partial charge in [-0.25, -0.2) is 9.98 Å². The molecule has 31 heavy (non-hydrogen) atoms. The molecule has 0 bridgehead atoms. The van der Waals surface area contributed by atoms with Crippen LogP contribution in [0.25, 0.3) is 0 Å². The summed E-state index contributed by atoms with van der Waals surface area (Å²) in [6, 6.07) is 8.05. The van der Waals surface area contributed by atoms with E-state index in [2.05, 4.69) is 40.8 Å². The molecule has 0 aliphatic carbocycles. The van der Waals surface area contributed by atoms with Crippen LogP contribution in [0, 0.1) is 5.92 Å². The second kappa shape index (κ2) is 13.9. The van der Waals surface area contributed by atoms with Crippen LogP contribution in [0.15, 0.2) is 34.6 Å². The van der Waals surface area contributed by atoms with Gasteiger partial charge in [0.2, 0.25) is 0 Å². The van der Waals surface area contributed by atoms with E-state index in [4.69, 9.17) is 14.7 Å². The first-order valence-electron chi connectivity index (χ1n) is 11.0. The van der Waals surface area contributed by atoms with E-state index in [-0.39, 0.29) is 24.0 Å². The van der Waals surface area contributed by atoms with Gasteiger partial charge in [0.15, 0.2) is 5.96 Å². The van der Waals surface area contributed by atoms with Crippen LogP contribution in [0.2, 0.25) is 0 Å². The maximum Gasteiger partial charge on any atom is 0.191 e. The van der Waals surface area contributed by atoms with Gasteiger partial charge in [-0.15, -0.1) is 35.3 Å². The number of likely N-dealkylation sites (tertiary alicyclic amines) is 1. The van der Waals surface area contributed by atoms with E-state index in [1.54, 1.807) is 18.4 Å². The van der Waals surface area contributed by atoms with Crippen molar-refractivity contribution < 1.29 is 4.74 Å². The van der Waals surface area contributed by atoms with Crippen molar-refractivity contribution >= 4 is 41.3 Å². The van der Waals surface area contributed by atoms with Crippen LogP contribution in [-0.2, 0) is 19.5 Å². The number of nitrogens with one attached hydrogen (secondary N) is 2. The molecule has 1 aromatic heterocycles. The first kappa shape index (κ1) is 25.9. The molecule has 8 heteroatoms. The molecule has 0 atom stereocenters. The Bertz CT molecular complexity index is 805. The number of aromatic nitrogens is 1. The average Bonchev–Trinajstić information content (AvgIpc) is 3.24. The van der Waals surface area contributed by atoms with Gasteiger partial charge < -0.3 is 15.4 Å². The molecule has 1 aromatic carbocycles. The van der Waals surface area contributed by atoms with E-state index in [1.807, 2.05) is 18.2 Å². The molecule has 1 saturated heterocycles. The molecule has 0 radical (unpaired) electrons. The molecule has 1 aliphatic rings. The van der Waals surface area contributed by atoms with Gasteiger partial charge in [-0.3, -0.25) is 4.90 Å². The molecule has 172 valence electrons. The largest absolute Gasteiger partial charge is 0.496 e. The molecule has 6 nitrogen and oxygen atoms in total. The Balaban J connectivity index is 0.00000341. The molecule has 2 heterocycles. The van der Waals surface area contributed by atoms with Crippen molar-refractivity contribution in [2.24, 2.45) is 10.9 Å². The number of aryl methyl sites for hydroxylation is 1. The smallest absolute Gasteiger partial charge is 0.191 e. The van der Waals surface area contributed by atoms with E-state index in [9.17, 15) is 0 Å². The number of nitrogens with zero attached hydrogens (tertiary/aromatic N) is 3. The molecule has 3 rings (SSSR count). The van der Waals surface area contributed by atoms with Crippen molar-refractivity contribution in [3.05, 3.63) is 45.9 Å². The fraction of sp³-hybridized carbons (Fsp3) is 0.565. The number of halogens is 1. The van der Waals surface area contributed by atoms with Crippen molar-refractivity contribution in [1.29, 1.82) is 0 Å². The minimum absolute atomic E-state index is 0. The van der Waals surface area contributed by atoms with Gasteiger partial charge in [0, 0.05) is 30.6 Å². The first-order chi connectivity index (χ1) is 14.7. The Labute approximate surface area is 207 Å². The maximum atomic E-state index is 5.43. The number of aliphatic imine (C=N–C) groups is 1. The number of rotatable bonds is 9. The highest BCUT2D eigenvalue weighted by Crippen LogP contribution is 2.20. The van der Waals surface area contributed by atoms with Crippen molar-refractivity contribution in [3.63, 3.8) is 0 Å². The highest BCUT2D eigenvalue weighted by atomic mass is 127. The number of ether oxygens (including phenoxy) is 1. The van der Waals surface area contributed by atoms with Crippen LogP contribution in [0.3, 0.4) is 0 Å². The third-order valence-corrected chi connectivity index (χ3v) is 6.54. The van der Waals surface area contributed by atoms with Gasteiger partial charge in [0.1, 0.15) is 5.75 Å². The monoisotopic (exact) mass is 557 g/mol. The van der Waals surface area contributed by atoms with Crippen molar-refractivity contribution in [2.45, 2.75) is 46.2 Å². The number of hydrogen-bond acceptors (Lipinski definition) is 5. The normalized spacial score (nSPS) is 15.4. The standard InChI is InChI=1S/C23H35N5OS.HI/c1-4-22-27-20(17-30-22)16-28-12-10-18(11-13-28)14-25-23(24-5-2)26-15-19-8-6-7-9-21(19)29-3;/h6-9,17-18H,4-5,10-16H2,1-3H3,(H2,24,25,26);1H. The number of para-hydroxylation sites is 1. The topological polar surface area (TPSA) is 61.8 Å². The van der Waals surface area contributed by atoms with Gasteiger partial charge in [0.25, 0.3) is 0 Å². The summed E-state index contributed by atoms with van der Waals surface area (Å²) < 4.78 is 5.43. The Hall–Kier alpha value is -1.39. The Morgan fingerprint density at radius 3 is 2.68 bits per heavy atom. The van der Waals surface area contributed by atoms with Gasteiger partial charge in [-0.1, -0.05) is 25.1 Å². The molecule has 0 unspecified atom stereocenters. The average molecular weight is 558 g/mol. The van der Waals surface area contributed by atoms with Crippen LogP contribution in [-0.4, -0.2) is 49.1 Å². The summed E-state index contributed by atoms with van der Waals surface area (Å²) in [5, 5.41) is 10.4. The van der Waals surface area contributed by atoms with Crippen LogP contribution in [0.1, 0.15) is 43.0 Å². The van der Waals surface area contributed by atoms with Crippen molar-refractivity contribution in [2.75, 3.05) is 33.3 Å². The minimum Gasteiger partial charge on any atom is -0.496 e. The fourth-order valence-electron chi connectivity index (χ4n) is 3.74. The number of thiazole rings is 1. The third kappa shape index (κ3) is 8.23. The molecular weight excluding hydrogens is 521 g/mol. The van der Waals surface area contributed by atoms with E-state index in [1.165, 1.54) is 23.5 Å². The number of piperidine rings is 1. The fourth-order valence-corrected chi connectivity index (χ4v) is 4.48. The Morgan fingerprint density at radius 1 is 1.23 bits per heavy atom. The quantitative estimate of drug-likeness (QED) is 0.274. The van der Waals surface area contributed by atoms with Crippen molar-refractivity contribution in [1.82, 2.24) is 20.5 Å². The van der Waals surface area contributed by atoms with Crippen LogP contribution in [0.5, 0.6) is 5.75 Å². The number of hydrogen-bond donors (Lipinski definition) is 2. The molecule has 2 aromatic rings. The van der Waals surface area contributed by atoms with Crippen molar-refractivity contribution in [3.8, 4) is 5.75 Å². The summed E-state index contributed by atoms with van der Waals surface area (Å²) in [5.74, 6) is 2.44. The van der Waals surface area contributed by atoms with Gasteiger partial charge in [-0.2, -0.15) is 0 Å². The lowest BCUT2D eigenvalue weighted by atomic mass is 9.97. The van der Waals surface area contributed by atoms with E-state index in [0.29, 0.717) is 12.5 Å². The molecule has 0 amide bonds. The molecule has 1 aliphatic heterocycles. The Morgan fingerprint density at radius 2 is 2.00 bits per heavy atom. The van der Waals surface area contributed by atoms with E-state index in [0.717, 1.165) is 56.4 Å². The highest BCUT2D eigenvalue weighted by molar-refractivity contribution is 14.0. The van der Waals surface area contributed by atoms with Crippen LogP contribution >= 0.6 is 35.3 Å². The maximum absolute atomic E-state index is 5.43. The second-order valence-electron chi connectivity index (χ2n) is 7.69. The molecule has 2 N–H and O–H groups in total. The van der Waals surface area contributed by atoms with E-state index >= 15 is 0 Å². The zero-order chi connectivity index (χ0) is 21.2. The lowest BCUT2D eigenvalue weighted by molar-refractivity contribution is 0.176. The summed E-state index contributed by atoms with van der Waals surface area (Å²) in [7, 11) is 1.70. The SMILES string of the molecule is CCNC(=NCc1ccccc1OC)NCC1CCN(Cc2csc(CC)n2)CC1.I. The predicted molar refractivity (Wildman–Crippen MR) is 141 cm³/mol. The van der Waals surface area contributed by atoms with Gasteiger partial charge in [0.05, 0.1) is 24.4 Å². The summed E-state index contributed by atoms with van der Waals surface area (Å²) in [4.78, 5) is 12.0. The zero-order valence-electron chi connectivity index (χ0n) is 18.9. The number of methoxy groups -OCH3 is 1. The number of guanidine groups is 1. The highest BCUT2D eigenvalue weighted by Gasteiger charge is 2.20. The lowest BCUT2D eigenvalue weighted by Crippen LogP contribution is -2.42. The molecule has 1 fully saturated rings. The summed E-state index contributed by atoms with van der Waals surface area (Å²) in [6.45, 7) is 9.95. The number of benzene rings is 1. The van der Waals surface area contributed by atoms with Crippen LogP contribution in [0.4, 0.5) is 0 Å². The lowest BCUT2D eigenvalue weighted by Gasteiger charge is -2.31. The third-order valence-electron chi connectivity index (χ3n) is 5.50. The zero-order valence-corrected chi connectivity index (χ0v) is 22.0. The van der Waals surface area contributed by atoms with Gasteiger partial charge >= 0.3 is 0 Å². The molecule has 0 spiro atoms. The summed E-state index contributed by atoms with van der Waals surface area (Å²) in [5.41, 5.74) is 2.32. The van der Waals surface area contributed by atoms with E-state index < -0.39 is 0 Å². The molecule has 0 saturated carbocycles. The first-order valence-corrected chi connectivity index (χ1v) is 11.9. The predicted octanol–water partition coefficient (Wildman–Crippen LogP) is 4.30.